The lowest BCUT2D eigenvalue weighted by molar-refractivity contribution is 0.0486. The molecule has 0 bridgehead atoms. The summed E-state index contributed by atoms with van der Waals surface area (Å²) >= 11 is 0. The van der Waals surface area contributed by atoms with Gasteiger partial charge in [-0.25, -0.2) is 4.79 Å². The molecule has 1 aliphatic rings. The van der Waals surface area contributed by atoms with Crippen LogP contribution in [-0.4, -0.2) is 42.0 Å². The van der Waals surface area contributed by atoms with E-state index in [4.69, 9.17) is 4.74 Å². The molecule has 2 atom stereocenters. The van der Waals surface area contributed by atoms with Gasteiger partial charge in [0.25, 0.3) is 0 Å². The van der Waals surface area contributed by atoms with Crippen LogP contribution in [0.4, 0.5) is 4.79 Å². The average molecular weight is 314 g/mol. The minimum Gasteiger partial charge on any atom is -0.444 e. The van der Waals surface area contributed by atoms with Gasteiger partial charge in [0.05, 0.1) is 0 Å². The number of nitrogens with one attached hydrogen (secondary N) is 2. The van der Waals surface area contributed by atoms with Crippen LogP contribution < -0.4 is 10.6 Å². The molecular weight excluding hydrogens is 280 g/mol. The van der Waals surface area contributed by atoms with Crippen LogP contribution in [0.1, 0.15) is 66.7 Å². The maximum absolute atomic E-state index is 12.0. The monoisotopic (exact) mass is 314 g/mol. The summed E-state index contributed by atoms with van der Waals surface area (Å²) < 4.78 is 5.38. The van der Waals surface area contributed by atoms with Gasteiger partial charge in [0.1, 0.15) is 5.60 Å². The van der Waals surface area contributed by atoms with E-state index in [9.17, 15) is 9.90 Å². The molecule has 1 amide bonds. The lowest BCUT2D eigenvalue weighted by Crippen LogP contribution is -2.52. The van der Waals surface area contributed by atoms with Gasteiger partial charge < -0.3 is 20.5 Å². The van der Waals surface area contributed by atoms with Crippen molar-refractivity contribution in [3.05, 3.63) is 0 Å². The quantitative estimate of drug-likeness (QED) is 0.682. The fraction of sp³-hybridized carbons (Fsp3) is 0.941. The van der Waals surface area contributed by atoms with Crippen molar-refractivity contribution in [2.75, 3.05) is 13.2 Å². The summed E-state index contributed by atoms with van der Waals surface area (Å²) in [5.74, 6) is 0. The number of aliphatic hydroxyl groups is 1. The molecule has 1 aliphatic carbocycles. The van der Waals surface area contributed by atoms with Crippen molar-refractivity contribution < 1.29 is 14.6 Å². The molecule has 0 aliphatic heterocycles. The second-order valence-corrected chi connectivity index (χ2v) is 8.20. The molecule has 1 rings (SSSR count). The first-order chi connectivity index (χ1) is 10.1. The molecule has 0 aromatic rings. The Morgan fingerprint density at radius 3 is 2.23 bits per heavy atom. The van der Waals surface area contributed by atoms with Crippen LogP contribution in [0.15, 0.2) is 0 Å². The Labute approximate surface area is 135 Å². The molecule has 0 spiro atoms. The van der Waals surface area contributed by atoms with E-state index in [0.29, 0.717) is 0 Å². The topological polar surface area (TPSA) is 70.6 Å². The molecule has 22 heavy (non-hydrogen) atoms. The van der Waals surface area contributed by atoms with E-state index < -0.39 is 5.60 Å². The van der Waals surface area contributed by atoms with E-state index in [1.165, 1.54) is 12.8 Å². The molecule has 1 saturated carbocycles. The number of ether oxygens (including phenoxy) is 1. The van der Waals surface area contributed by atoms with Crippen molar-refractivity contribution in [2.24, 2.45) is 5.41 Å². The van der Waals surface area contributed by atoms with Crippen LogP contribution in [-0.2, 0) is 4.74 Å². The van der Waals surface area contributed by atoms with Gasteiger partial charge in [-0.1, -0.05) is 33.1 Å². The normalized spacial score (nSPS) is 23.7. The van der Waals surface area contributed by atoms with Crippen LogP contribution in [0.5, 0.6) is 0 Å². The first-order valence-electron chi connectivity index (χ1n) is 8.47. The van der Waals surface area contributed by atoms with E-state index in [-0.39, 0.29) is 30.2 Å². The summed E-state index contributed by atoms with van der Waals surface area (Å²) in [6, 6.07) is 0.327. The molecule has 0 heterocycles. The Hall–Kier alpha value is -0.810. The first kappa shape index (κ1) is 19.2. The summed E-state index contributed by atoms with van der Waals surface area (Å²) in [4.78, 5) is 12.0. The zero-order chi connectivity index (χ0) is 16.8. The van der Waals surface area contributed by atoms with Gasteiger partial charge in [-0.05, 0) is 33.6 Å². The Balaban J connectivity index is 2.60. The Kier molecular flexibility index (Phi) is 7.13. The highest BCUT2D eigenvalue weighted by Gasteiger charge is 2.28. The maximum Gasteiger partial charge on any atom is 0.407 e. The number of amides is 1. The van der Waals surface area contributed by atoms with Crippen molar-refractivity contribution in [1.82, 2.24) is 10.6 Å². The maximum atomic E-state index is 12.0. The van der Waals surface area contributed by atoms with Crippen LogP contribution in [0, 0.1) is 5.41 Å². The molecule has 5 heteroatoms. The van der Waals surface area contributed by atoms with E-state index >= 15 is 0 Å². The first-order valence-corrected chi connectivity index (χ1v) is 8.47. The smallest absolute Gasteiger partial charge is 0.407 e. The predicted octanol–water partition coefficient (Wildman–Crippen LogP) is 2.82. The van der Waals surface area contributed by atoms with Crippen molar-refractivity contribution in [2.45, 2.75) is 84.4 Å². The molecule has 3 N–H and O–H groups in total. The summed E-state index contributed by atoms with van der Waals surface area (Å²) in [7, 11) is 0. The van der Waals surface area contributed by atoms with Crippen molar-refractivity contribution >= 4 is 6.09 Å². The van der Waals surface area contributed by atoms with Crippen molar-refractivity contribution in [3.63, 3.8) is 0 Å². The van der Waals surface area contributed by atoms with Gasteiger partial charge in [-0.15, -0.1) is 0 Å². The summed E-state index contributed by atoms with van der Waals surface area (Å²) in [6.45, 7) is 10.6. The molecule has 0 aromatic heterocycles. The zero-order valence-corrected chi connectivity index (χ0v) is 14.9. The highest BCUT2D eigenvalue weighted by molar-refractivity contribution is 5.68. The fourth-order valence-corrected chi connectivity index (χ4v) is 2.65. The van der Waals surface area contributed by atoms with Gasteiger partial charge in [0, 0.05) is 30.7 Å². The van der Waals surface area contributed by atoms with Gasteiger partial charge in [-0.3, -0.25) is 0 Å². The number of carbonyl (C=O) groups is 1. The van der Waals surface area contributed by atoms with Gasteiger partial charge in [0.2, 0.25) is 0 Å². The molecule has 0 aromatic carbocycles. The second kappa shape index (κ2) is 8.16. The third-order valence-corrected chi connectivity index (χ3v) is 3.99. The number of carbonyl (C=O) groups excluding carboxylic acids is 1. The zero-order valence-electron chi connectivity index (χ0n) is 14.9. The Bertz CT molecular complexity index is 350. The summed E-state index contributed by atoms with van der Waals surface area (Å²) in [5.41, 5.74) is -0.626. The standard InChI is InChI=1S/C17H34N2O3/c1-16(2,3)22-15(21)19-14-10-8-6-7-9-13(14)18-11-17(4,5)12-20/h13-14,18,20H,6-12H2,1-5H3,(H,19,21). The van der Waals surface area contributed by atoms with Crippen LogP contribution in [0.25, 0.3) is 0 Å². The van der Waals surface area contributed by atoms with Crippen LogP contribution in [0.2, 0.25) is 0 Å². The number of rotatable bonds is 5. The third kappa shape index (κ3) is 7.45. The molecule has 2 unspecified atom stereocenters. The number of aliphatic hydroxyl groups excluding tert-OH is 1. The molecule has 5 nitrogen and oxygen atoms in total. The van der Waals surface area contributed by atoms with Gasteiger partial charge >= 0.3 is 6.09 Å². The van der Waals surface area contributed by atoms with E-state index in [1.54, 1.807) is 0 Å². The van der Waals surface area contributed by atoms with E-state index in [1.807, 2.05) is 34.6 Å². The Morgan fingerprint density at radius 2 is 1.68 bits per heavy atom. The highest BCUT2D eigenvalue weighted by Crippen LogP contribution is 2.20. The second-order valence-electron chi connectivity index (χ2n) is 8.20. The van der Waals surface area contributed by atoms with Crippen molar-refractivity contribution in [1.29, 1.82) is 0 Å². The van der Waals surface area contributed by atoms with Crippen molar-refractivity contribution in [3.8, 4) is 0 Å². The average Bonchev–Trinajstić information content (AvgIpc) is 2.59. The fourth-order valence-electron chi connectivity index (χ4n) is 2.65. The number of hydrogen-bond acceptors (Lipinski definition) is 4. The van der Waals surface area contributed by atoms with Gasteiger partial charge in [0.15, 0.2) is 0 Å². The largest absolute Gasteiger partial charge is 0.444 e. The number of hydrogen-bond donors (Lipinski definition) is 3. The highest BCUT2D eigenvalue weighted by atomic mass is 16.6. The number of alkyl carbamates (subject to hydrolysis) is 1. The third-order valence-electron chi connectivity index (χ3n) is 3.99. The summed E-state index contributed by atoms with van der Waals surface area (Å²) in [5, 5.41) is 16.0. The summed E-state index contributed by atoms with van der Waals surface area (Å²) in [6.07, 6.45) is 5.17. The lowest BCUT2D eigenvalue weighted by atomic mass is 9.93. The van der Waals surface area contributed by atoms with E-state index in [0.717, 1.165) is 25.8 Å². The molecule has 0 radical (unpaired) electrons. The van der Waals surface area contributed by atoms with E-state index in [2.05, 4.69) is 10.6 Å². The molecule has 0 saturated heterocycles. The minimum atomic E-state index is -0.476. The Morgan fingerprint density at radius 1 is 1.09 bits per heavy atom. The molecule has 1 fully saturated rings. The SMILES string of the molecule is CC(C)(CO)CNC1CCCCCC1NC(=O)OC(C)(C)C. The van der Waals surface area contributed by atoms with Gasteiger partial charge in [-0.2, -0.15) is 0 Å². The molecule has 130 valence electrons. The van der Waals surface area contributed by atoms with Crippen LogP contribution in [0.3, 0.4) is 0 Å². The minimum absolute atomic E-state index is 0.0897. The molecular formula is C17H34N2O3. The predicted molar refractivity (Wildman–Crippen MR) is 88.9 cm³/mol. The van der Waals surface area contributed by atoms with Crippen LogP contribution >= 0.6 is 0 Å². The lowest BCUT2D eigenvalue weighted by Gasteiger charge is -2.31.